The highest BCUT2D eigenvalue weighted by Gasteiger charge is 2.41. The summed E-state index contributed by atoms with van der Waals surface area (Å²) in [6, 6.07) is 0. The molecule has 6 rings (SSSR count). The van der Waals surface area contributed by atoms with Gasteiger partial charge in [-0.2, -0.15) is 0 Å². The Balaban J connectivity index is 1.54. The third-order valence-corrected chi connectivity index (χ3v) is 9.45. The molecular weight excluding hydrogens is 328 g/mol. The molecule has 0 N–H and O–H groups in total. The number of hydrogen-bond donors (Lipinski definition) is 0. The topological polar surface area (TPSA) is 0 Å². The van der Waals surface area contributed by atoms with Crippen molar-refractivity contribution < 1.29 is 0 Å². The Morgan fingerprint density at radius 3 is 1.62 bits per heavy atom. The lowest BCUT2D eigenvalue weighted by atomic mass is 9.80. The molecule has 0 nitrogen and oxygen atoms in total. The van der Waals surface area contributed by atoms with Crippen LogP contribution < -0.4 is 0 Å². The molecule has 0 bridgehead atoms. The molecule has 0 saturated carbocycles. The minimum atomic E-state index is 0.786. The lowest BCUT2D eigenvalue weighted by Gasteiger charge is -2.24. The van der Waals surface area contributed by atoms with E-state index >= 15 is 0 Å². The summed E-state index contributed by atoms with van der Waals surface area (Å²) < 4.78 is 0. The first-order chi connectivity index (χ1) is 11.7. The van der Waals surface area contributed by atoms with E-state index in [0.717, 1.165) is 23.7 Å². The van der Waals surface area contributed by atoms with E-state index < -0.39 is 0 Å². The fourth-order valence-corrected chi connectivity index (χ4v) is 8.67. The molecule has 2 aromatic rings. The monoisotopic (exact) mass is 352 g/mol. The molecular formula is C22H24S2. The smallest absolute Gasteiger partial charge is 0.0343 e. The van der Waals surface area contributed by atoms with Crippen LogP contribution in [-0.2, 0) is 0 Å². The average molecular weight is 353 g/mol. The van der Waals surface area contributed by atoms with Crippen molar-refractivity contribution in [3.63, 3.8) is 0 Å². The van der Waals surface area contributed by atoms with Crippen molar-refractivity contribution in [2.45, 2.75) is 76.0 Å². The highest BCUT2D eigenvalue weighted by Crippen LogP contribution is 2.61. The molecule has 24 heavy (non-hydrogen) atoms. The first-order valence-electron chi connectivity index (χ1n) is 9.67. The number of hydrogen-bond acceptors (Lipinski definition) is 2. The predicted molar refractivity (Wildman–Crippen MR) is 105 cm³/mol. The molecule has 0 radical (unpaired) electrons. The lowest BCUT2D eigenvalue weighted by Crippen LogP contribution is -2.07. The van der Waals surface area contributed by atoms with E-state index in [9.17, 15) is 0 Å². The zero-order chi connectivity index (χ0) is 16.0. The van der Waals surface area contributed by atoms with Gasteiger partial charge in [0.15, 0.2) is 0 Å². The summed E-state index contributed by atoms with van der Waals surface area (Å²) in [6.07, 6.45) is 8.30. The van der Waals surface area contributed by atoms with Crippen LogP contribution in [0.1, 0.15) is 108 Å². The van der Waals surface area contributed by atoms with Crippen LogP contribution >= 0.6 is 22.7 Å². The Morgan fingerprint density at radius 1 is 0.708 bits per heavy atom. The molecule has 0 spiro atoms. The SMILES string of the molecule is CC1CCC2C/C(=C3\CC4CCC(C)c5csc3c54)c3scc1c32. The molecule has 4 unspecified atom stereocenters. The Bertz CT molecular complexity index is 806. The minimum Gasteiger partial charge on any atom is -0.144 e. The van der Waals surface area contributed by atoms with Crippen molar-refractivity contribution in [1.29, 1.82) is 0 Å². The Morgan fingerprint density at radius 2 is 1.17 bits per heavy atom. The van der Waals surface area contributed by atoms with Gasteiger partial charge in [-0.15, -0.1) is 22.7 Å². The molecule has 2 aromatic heterocycles. The van der Waals surface area contributed by atoms with Crippen LogP contribution in [0.2, 0.25) is 0 Å². The third-order valence-electron chi connectivity index (χ3n) is 7.31. The van der Waals surface area contributed by atoms with Crippen molar-refractivity contribution in [2.75, 3.05) is 0 Å². The van der Waals surface area contributed by atoms with Crippen molar-refractivity contribution in [2.24, 2.45) is 0 Å². The normalized spacial score (nSPS) is 36.1. The second-order valence-electron chi connectivity index (χ2n) is 8.58. The Hall–Kier alpha value is -0.860. The van der Waals surface area contributed by atoms with Gasteiger partial charge in [0.25, 0.3) is 0 Å². The van der Waals surface area contributed by atoms with E-state index in [4.69, 9.17) is 0 Å². The Kier molecular flexibility index (Phi) is 2.90. The molecule has 0 fully saturated rings. The third kappa shape index (κ3) is 1.69. The van der Waals surface area contributed by atoms with Crippen LogP contribution in [0.25, 0.3) is 11.1 Å². The first-order valence-corrected chi connectivity index (χ1v) is 11.4. The van der Waals surface area contributed by atoms with Crippen molar-refractivity contribution in [3.8, 4) is 0 Å². The molecule has 0 amide bonds. The van der Waals surface area contributed by atoms with Gasteiger partial charge in [-0.3, -0.25) is 0 Å². The average Bonchev–Trinajstić information content (AvgIpc) is 3.31. The van der Waals surface area contributed by atoms with E-state index in [1.807, 2.05) is 0 Å². The maximum absolute atomic E-state index is 2.49. The summed E-state index contributed by atoms with van der Waals surface area (Å²) in [6.45, 7) is 4.87. The van der Waals surface area contributed by atoms with Gasteiger partial charge in [0.1, 0.15) is 0 Å². The zero-order valence-electron chi connectivity index (χ0n) is 14.5. The maximum atomic E-state index is 2.49. The van der Waals surface area contributed by atoms with Gasteiger partial charge >= 0.3 is 0 Å². The molecule has 0 aliphatic heterocycles. The number of allylic oxidation sites excluding steroid dienone is 2. The van der Waals surface area contributed by atoms with Gasteiger partial charge in [0.05, 0.1) is 0 Å². The number of thiophene rings is 2. The molecule has 124 valence electrons. The van der Waals surface area contributed by atoms with E-state index in [1.54, 1.807) is 43.2 Å². The second-order valence-corrected chi connectivity index (χ2v) is 10.3. The largest absolute Gasteiger partial charge is 0.144 e. The van der Waals surface area contributed by atoms with Gasteiger partial charge in [0.2, 0.25) is 0 Å². The minimum absolute atomic E-state index is 0.786. The molecule has 0 aromatic carbocycles. The summed E-state index contributed by atoms with van der Waals surface area (Å²) >= 11 is 4.12. The van der Waals surface area contributed by atoms with Crippen molar-refractivity contribution in [3.05, 3.63) is 42.8 Å². The summed E-state index contributed by atoms with van der Waals surface area (Å²) in [5.74, 6) is 3.25. The van der Waals surface area contributed by atoms with Crippen LogP contribution in [0.3, 0.4) is 0 Å². The fourth-order valence-electron chi connectivity index (χ4n) is 5.94. The van der Waals surface area contributed by atoms with Gasteiger partial charge < -0.3 is 0 Å². The molecule has 4 atom stereocenters. The van der Waals surface area contributed by atoms with Crippen LogP contribution in [0.15, 0.2) is 10.8 Å². The quantitative estimate of drug-likeness (QED) is 0.461. The van der Waals surface area contributed by atoms with Crippen LogP contribution in [0, 0.1) is 0 Å². The molecule has 2 heteroatoms. The zero-order valence-corrected chi connectivity index (χ0v) is 16.2. The van der Waals surface area contributed by atoms with E-state index in [0.29, 0.717) is 0 Å². The highest BCUT2D eigenvalue weighted by molar-refractivity contribution is 7.12. The van der Waals surface area contributed by atoms with Gasteiger partial charge in [0, 0.05) is 9.75 Å². The molecule has 2 heterocycles. The lowest BCUT2D eigenvalue weighted by molar-refractivity contribution is 0.519. The maximum Gasteiger partial charge on any atom is 0.0343 e. The molecule has 0 saturated heterocycles. The summed E-state index contributed by atoms with van der Waals surface area (Å²) in [5, 5.41) is 4.99. The summed E-state index contributed by atoms with van der Waals surface area (Å²) in [4.78, 5) is 3.37. The van der Waals surface area contributed by atoms with E-state index in [1.165, 1.54) is 38.5 Å². The standard InChI is InChI=1S/C22H24S2/c1-11-3-5-13-7-15(21-19(13)17(11)9-23-21)16-8-14-6-4-12(2)18-10-24-22(16)20(14)18/h9-14H,3-8H2,1-2H3/b16-15-. The summed E-state index contributed by atoms with van der Waals surface area (Å²) in [7, 11) is 0. The molecule has 4 aliphatic carbocycles. The second kappa shape index (κ2) is 4.86. The molecule has 4 aliphatic rings. The van der Waals surface area contributed by atoms with Crippen LogP contribution in [0.4, 0.5) is 0 Å². The predicted octanol–water partition coefficient (Wildman–Crippen LogP) is 7.49. The van der Waals surface area contributed by atoms with Gasteiger partial charge in [-0.25, -0.2) is 0 Å². The van der Waals surface area contributed by atoms with Crippen molar-refractivity contribution >= 4 is 33.8 Å². The van der Waals surface area contributed by atoms with Crippen LogP contribution in [-0.4, -0.2) is 0 Å². The van der Waals surface area contributed by atoms with Crippen LogP contribution in [0.5, 0.6) is 0 Å². The first kappa shape index (κ1) is 14.3. The van der Waals surface area contributed by atoms with E-state index in [2.05, 4.69) is 47.3 Å². The fraction of sp³-hybridized carbons (Fsp3) is 0.545. The highest BCUT2D eigenvalue weighted by atomic mass is 32.1. The van der Waals surface area contributed by atoms with Gasteiger partial charge in [-0.05, 0) is 106 Å². The van der Waals surface area contributed by atoms with Gasteiger partial charge in [-0.1, -0.05) is 13.8 Å². The van der Waals surface area contributed by atoms with E-state index in [-0.39, 0.29) is 0 Å². The number of rotatable bonds is 0. The Labute approximate surface area is 152 Å². The van der Waals surface area contributed by atoms with Crippen molar-refractivity contribution in [1.82, 2.24) is 0 Å². The summed E-state index contributed by atoms with van der Waals surface area (Å²) in [5.41, 5.74) is 10.4.